The summed E-state index contributed by atoms with van der Waals surface area (Å²) in [5.41, 5.74) is 0. The number of hydrogen-bond donors (Lipinski definition) is 1. The maximum absolute atomic E-state index is 11.8. The Kier molecular flexibility index (Phi) is 4.92. The molecule has 1 aromatic carbocycles. The van der Waals surface area contributed by atoms with Gasteiger partial charge in [-0.1, -0.05) is 19.1 Å². The molecule has 18 heavy (non-hydrogen) atoms. The van der Waals surface area contributed by atoms with Crippen molar-refractivity contribution >= 4 is 17.5 Å². The van der Waals surface area contributed by atoms with E-state index in [1.807, 2.05) is 0 Å². The average molecular weight is 294 g/mol. The van der Waals surface area contributed by atoms with Gasteiger partial charge in [-0.3, -0.25) is 8.75 Å². The smallest absolute Gasteiger partial charge is 0.301 e. The van der Waals surface area contributed by atoms with Crippen molar-refractivity contribution in [2.45, 2.75) is 11.8 Å². The van der Waals surface area contributed by atoms with Crippen LogP contribution in [0.2, 0.25) is 0 Å². The third-order valence-corrected chi connectivity index (χ3v) is 5.24. The summed E-state index contributed by atoms with van der Waals surface area (Å²) in [5.74, 6) is 0.127. The zero-order valence-electron chi connectivity index (χ0n) is 10.1. The predicted octanol–water partition coefficient (Wildman–Crippen LogP) is 1.65. The minimum Gasteiger partial charge on any atom is -0.495 e. The Hall–Kier alpha value is -0.880. The molecule has 1 N–H and O–H groups in total. The van der Waals surface area contributed by atoms with Crippen LogP contribution in [0.15, 0.2) is 29.2 Å². The molecule has 0 aromatic heterocycles. The van der Waals surface area contributed by atoms with E-state index >= 15 is 0 Å². The second kappa shape index (κ2) is 5.84. The first-order valence-corrected chi connectivity index (χ1v) is 8.59. The molecule has 6 nitrogen and oxygen atoms in total. The Balaban J connectivity index is 2.97. The number of methoxy groups -OCH3 is 1. The van der Waals surface area contributed by atoms with E-state index in [1.54, 1.807) is 6.07 Å². The van der Waals surface area contributed by atoms with Gasteiger partial charge < -0.3 is 9.63 Å². The highest BCUT2D eigenvalue weighted by atomic mass is 32.2. The zero-order chi connectivity index (χ0) is 13.8. The second-order valence-electron chi connectivity index (χ2n) is 3.51. The van der Waals surface area contributed by atoms with E-state index in [-0.39, 0.29) is 16.8 Å². The summed E-state index contributed by atoms with van der Waals surface area (Å²) in [6.45, 7) is 1.49. The van der Waals surface area contributed by atoms with Gasteiger partial charge >= 0.3 is 10.1 Å². The summed E-state index contributed by atoms with van der Waals surface area (Å²) in [5, 5.41) is 0. The number of hydrogen-bond acceptors (Lipinski definition) is 5. The van der Waals surface area contributed by atoms with Gasteiger partial charge in [0.15, 0.2) is 0 Å². The van der Waals surface area contributed by atoms with Gasteiger partial charge in [-0.05, 0) is 12.1 Å². The molecule has 1 rings (SSSR count). The van der Waals surface area contributed by atoms with E-state index in [4.69, 9.17) is 4.74 Å². The van der Waals surface area contributed by atoms with Crippen molar-refractivity contribution in [2.75, 3.05) is 19.6 Å². The largest absolute Gasteiger partial charge is 0.495 e. The molecule has 0 radical (unpaired) electrons. The molecule has 1 aromatic rings. The van der Waals surface area contributed by atoms with Crippen LogP contribution in [-0.4, -0.2) is 32.9 Å². The van der Waals surface area contributed by atoms with Crippen molar-refractivity contribution in [3.63, 3.8) is 0 Å². The van der Waals surface area contributed by atoms with Crippen LogP contribution in [-0.2, 0) is 18.9 Å². The van der Waals surface area contributed by atoms with Crippen molar-refractivity contribution in [2.24, 2.45) is 0 Å². The van der Waals surface area contributed by atoms with Gasteiger partial charge in [0.05, 0.1) is 7.11 Å². The topological polar surface area (TPSA) is 89.9 Å². The van der Waals surface area contributed by atoms with E-state index in [1.165, 1.54) is 32.2 Å². The summed E-state index contributed by atoms with van der Waals surface area (Å²) in [6, 6.07) is 5.90. The highest BCUT2D eigenvalue weighted by Crippen LogP contribution is 2.40. The van der Waals surface area contributed by atoms with Crippen molar-refractivity contribution in [1.82, 2.24) is 0 Å². The van der Waals surface area contributed by atoms with Gasteiger partial charge in [-0.15, -0.1) is 0 Å². The quantitative estimate of drug-likeness (QED) is 0.633. The second-order valence-corrected chi connectivity index (χ2v) is 7.68. The van der Waals surface area contributed by atoms with Gasteiger partial charge in [0.1, 0.15) is 17.0 Å². The lowest BCUT2D eigenvalue weighted by Crippen LogP contribution is -2.10. The number of rotatable bonds is 6. The molecule has 1 atom stereocenters. The number of ether oxygens (including phenoxy) is 1. The van der Waals surface area contributed by atoms with Crippen LogP contribution in [0, 0.1) is 0 Å². The molecule has 0 saturated carbocycles. The lowest BCUT2D eigenvalue weighted by molar-refractivity contribution is 0.341. The number of benzene rings is 1. The fourth-order valence-corrected chi connectivity index (χ4v) is 3.30. The van der Waals surface area contributed by atoms with Crippen molar-refractivity contribution in [3.8, 4) is 5.75 Å². The van der Waals surface area contributed by atoms with Crippen LogP contribution in [0.5, 0.6) is 5.75 Å². The monoisotopic (exact) mass is 294 g/mol. The fraction of sp³-hybridized carbons (Fsp3) is 0.400. The molecule has 102 valence electrons. The predicted molar refractivity (Wildman–Crippen MR) is 66.5 cm³/mol. The molecule has 0 amide bonds. The molecule has 8 heteroatoms. The van der Waals surface area contributed by atoms with Gasteiger partial charge in [0.2, 0.25) is 7.37 Å². The summed E-state index contributed by atoms with van der Waals surface area (Å²) in [6.07, 6.45) is -0.779. The fourth-order valence-electron chi connectivity index (χ4n) is 1.13. The first-order valence-electron chi connectivity index (χ1n) is 5.15. The lowest BCUT2D eigenvalue weighted by Gasteiger charge is -2.11. The SMILES string of the molecule is CCP(=O)(O)COS(=O)(=O)c1ccccc1OC. The summed E-state index contributed by atoms with van der Waals surface area (Å²) < 4.78 is 44.5. The van der Waals surface area contributed by atoms with E-state index in [9.17, 15) is 17.9 Å². The molecule has 0 aliphatic carbocycles. The van der Waals surface area contributed by atoms with Crippen molar-refractivity contribution < 1.29 is 26.8 Å². The van der Waals surface area contributed by atoms with Crippen LogP contribution in [0.3, 0.4) is 0 Å². The van der Waals surface area contributed by atoms with Gasteiger partial charge in [0.25, 0.3) is 0 Å². The maximum Gasteiger partial charge on any atom is 0.301 e. The molecule has 0 aliphatic heterocycles. The van der Waals surface area contributed by atoms with Crippen molar-refractivity contribution in [3.05, 3.63) is 24.3 Å². The van der Waals surface area contributed by atoms with E-state index < -0.39 is 23.8 Å². The summed E-state index contributed by atoms with van der Waals surface area (Å²) in [7, 11) is -6.33. The first kappa shape index (κ1) is 15.2. The zero-order valence-corrected chi connectivity index (χ0v) is 11.8. The molecule has 0 bridgehead atoms. The standard InChI is InChI=1S/C10H15O6PS/c1-3-17(11,12)8-16-18(13,14)10-7-5-4-6-9(10)15-2/h4-7H,3,8H2,1-2H3,(H,11,12). The highest BCUT2D eigenvalue weighted by molar-refractivity contribution is 7.87. The van der Waals surface area contributed by atoms with Gasteiger partial charge in [0, 0.05) is 6.16 Å². The van der Waals surface area contributed by atoms with Gasteiger partial charge in [-0.2, -0.15) is 8.42 Å². The average Bonchev–Trinajstić information content (AvgIpc) is 2.37. The first-order chi connectivity index (χ1) is 8.32. The van der Waals surface area contributed by atoms with Crippen LogP contribution in [0.25, 0.3) is 0 Å². The molecular formula is C10H15O6PS. The Morgan fingerprint density at radius 1 is 1.33 bits per heavy atom. The van der Waals surface area contributed by atoms with Crippen molar-refractivity contribution in [1.29, 1.82) is 0 Å². The summed E-state index contributed by atoms with van der Waals surface area (Å²) in [4.78, 5) is 9.13. The Morgan fingerprint density at radius 2 is 1.94 bits per heavy atom. The normalized spacial score (nSPS) is 15.1. The van der Waals surface area contributed by atoms with Crippen LogP contribution < -0.4 is 4.74 Å². The minimum absolute atomic E-state index is 0.0472. The molecule has 0 fully saturated rings. The minimum atomic E-state index is -4.10. The van der Waals surface area contributed by atoms with E-state index in [0.29, 0.717) is 0 Å². The molecule has 1 unspecified atom stereocenters. The molecule has 0 saturated heterocycles. The Labute approximate surface area is 106 Å². The van der Waals surface area contributed by atoms with Gasteiger partial charge in [-0.25, -0.2) is 0 Å². The van der Waals surface area contributed by atoms with E-state index in [0.717, 1.165) is 0 Å². The lowest BCUT2D eigenvalue weighted by atomic mass is 10.3. The molecule has 0 spiro atoms. The van der Waals surface area contributed by atoms with E-state index in [2.05, 4.69) is 4.18 Å². The van der Waals surface area contributed by atoms with Crippen LogP contribution in [0.1, 0.15) is 6.92 Å². The molecule has 0 aliphatic rings. The molecular weight excluding hydrogens is 279 g/mol. The Bertz CT molecular complexity index is 553. The highest BCUT2D eigenvalue weighted by Gasteiger charge is 2.25. The Morgan fingerprint density at radius 3 is 2.50 bits per heavy atom. The van der Waals surface area contributed by atoms with Crippen LogP contribution in [0.4, 0.5) is 0 Å². The molecule has 0 heterocycles. The third-order valence-electron chi connectivity index (χ3n) is 2.24. The summed E-state index contributed by atoms with van der Waals surface area (Å²) >= 11 is 0. The maximum atomic E-state index is 11.8. The number of para-hydroxylation sites is 1. The third kappa shape index (κ3) is 3.81. The van der Waals surface area contributed by atoms with Crippen LogP contribution >= 0.6 is 7.37 Å².